The molecule has 0 fully saturated rings. The van der Waals surface area contributed by atoms with Gasteiger partial charge in [-0.1, -0.05) is 24.3 Å². The van der Waals surface area contributed by atoms with Crippen molar-refractivity contribution in [1.82, 2.24) is 5.32 Å². The molecule has 8 nitrogen and oxygen atoms in total. The topological polar surface area (TPSA) is 103 Å². The minimum atomic E-state index is -1.04. The molecule has 1 heterocycles. The average Bonchev–Trinajstić information content (AvgIpc) is 3.01. The average molecular weight is 508 g/mol. The lowest BCUT2D eigenvalue weighted by molar-refractivity contribution is 0.0696. The molecule has 0 saturated heterocycles. The molecule has 1 amide bonds. The Labute approximate surface area is 213 Å². The van der Waals surface area contributed by atoms with Crippen molar-refractivity contribution in [3.8, 4) is 23.0 Å². The van der Waals surface area contributed by atoms with Crippen LogP contribution in [0.1, 0.15) is 49.7 Å². The van der Waals surface area contributed by atoms with Crippen molar-refractivity contribution in [2.45, 2.75) is 12.3 Å². The highest BCUT2D eigenvalue weighted by Gasteiger charge is 2.28. The molecule has 0 spiro atoms. The molecule has 0 saturated carbocycles. The van der Waals surface area contributed by atoms with E-state index in [1.165, 1.54) is 27.4 Å². The molecule has 2 N–H and O–H groups in total. The van der Waals surface area contributed by atoms with Gasteiger partial charge in [0.25, 0.3) is 5.91 Å². The highest BCUT2D eigenvalue weighted by atomic mass is 32.1. The lowest BCUT2D eigenvalue weighted by Crippen LogP contribution is -2.26. The lowest BCUT2D eigenvalue weighted by atomic mass is 9.85. The van der Waals surface area contributed by atoms with Gasteiger partial charge in [-0.3, -0.25) is 4.79 Å². The predicted molar refractivity (Wildman–Crippen MR) is 137 cm³/mol. The van der Waals surface area contributed by atoms with Crippen LogP contribution in [0.3, 0.4) is 0 Å². The quantitative estimate of drug-likeness (QED) is 0.432. The zero-order valence-corrected chi connectivity index (χ0v) is 20.8. The van der Waals surface area contributed by atoms with Gasteiger partial charge >= 0.3 is 5.97 Å². The van der Waals surface area contributed by atoms with Crippen LogP contribution in [-0.4, -0.2) is 49.9 Å². The zero-order chi connectivity index (χ0) is 25.8. The maximum absolute atomic E-state index is 13.1. The molecule has 1 unspecified atom stereocenters. The SMILES string of the molecule is COc1ccc(C(=O)NCCC2c3cc(C(=O)O)ccc3OC(=S)c3ccccc32)c(OC)c1OC. The van der Waals surface area contributed by atoms with Crippen LogP contribution in [0, 0.1) is 0 Å². The smallest absolute Gasteiger partial charge is 0.335 e. The highest BCUT2D eigenvalue weighted by Crippen LogP contribution is 2.41. The first-order valence-electron chi connectivity index (χ1n) is 11.1. The van der Waals surface area contributed by atoms with Gasteiger partial charge < -0.3 is 29.4 Å². The second-order valence-corrected chi connectivity index (χ2v) is 8.38. The lowest BCUT2D eigenvalue weighted by Gasteiger charge is -2.20. The maximum atomic E-state index is 13.1. The number of rotatable bonds is 8. The van der Waals surface area contributed by atoms with Gasteiger partial charge in [-0.2, -0.15) is 0 Å². The molecule has 3 aromatic carbocycles. The fraction of sp³-hybridized carbons (Fsp3) is 0.222. The van der Waals surface area contributed by atoms with E-state index in [0.29, 0.717) is 46.4 Å². The van der Waals surface area contributed by atoms with Crippen LogP contribution in [-0.2, 0) is 0 Å². The van der Waals surface area contributed by atoms with Crippen LogP contribution in [0.5, 0.6) is 23.0 Å². The molecule has 0 aliphatic carbocycles. The van der Waals surface area contributed by atoms with Crippen molar-refractivity contribution in [2.24, 2.45) is 0 Å². The molecule has 0 radical (unpaired) electrons. The van der Waals surface area contributed by atoms with Gasteiger partial charge in [-0.15, -0.1) is 0 Å². The molecule has 36 heavy (non-hydrogen) atoms. The number of hydrogen-bond donors (Lipinski definition) is 2. The number of carbonyl (C=O) groups excluding carboxylic acids is 1. The van der Waals surface area contributed by atoms with E-state index < -0.39 is 5.97 Å². The molecular formula is C27H25NO7S. The fourth-order valence-corrected chi connectivity index (χ4v) is 4.65. The fourth-order valence-electron chi connectivity index (χ4n) is 4.37. The van der Waals surface area contributed by atoms with E-state index >= 15 is 0 Å². The number of carbonyl (C=O) groups is 2. The summed E-state index contributed by atoms with van der Waals surface area (Å²) in [6.45, 7) is 0.291. The van der Waals surface area contributed by atoms with Gasteiger partial charge in [-0.05, 0) is 54.5 Å². The molecule has 1 aliphatic heterocycles. The Kier molecular flexibility index (Phi) is 7.40. The Hall–Kier alpha value is -4.11. The molecular weight excluding hydrogens is 482 g/mol. The molecule has 0 aromatic heterocycles. The Morgan fingerprint density at radius 1 is 0.972 bits per heavy atom. The van der Waals surface area contributed by atoms with Crippen molar-refractivity contribution < 1.29 is 33.6 Å². The number of aromatic carboxylic acids is 1. The van der Waals surface area contributed by atoms with Gasteiger partial charge in [0.15, 0.2) is 16.5 Å². The number of thiocarbonyl (C=S) groups is 1. The number of carboxylic acids is 1. The van der Waals surface area contributed by atoms with Crippen LogP contribution in [0.4, 0.5) is 0 Å². The van der Waals surface area contributed by atoms with Crippen LogP contribution >= 0.6 is 12.2 Å². The summed E-state index contributed by atoms with van der Waals surface area (Å²) in [6.07, 6.45) is 0.473. The molecule has 3 aromatic rings. The third kappa shape index (κ3) is 4.70. The Morgan fingerprint density at radius 3 is 2.42 bits per heavy atom. The summed E-state index contributed by atoms with van der Waals surface area (Å²) < 4.78 is 22.0. The van der Waals surface area contributed by atoms with Crippen molar-refractivity contribution >= 4 is 29.1 Å². The second-order valence-electron chi connectivity index (χ2n) is 8.01. The van der Waals surface area contributed by atoms with E-state index in [1.54, 1.807) is 24.3 Å². The maximum Gasteiger partial charge on any atom is 0.335 e. The summed E-state index contributed by atoms with van der Waals surface area (Å²) >= 11 is 5.51. The number of carboxylic acid groups (broad SMARTS) is 1. The number of fused-ring (bicyclic) bond motifs is 2. The minimum Gasteiger partial charge on any atom is -0.493 e. The number of ether oxygens (including phenoxy) is 4. The summed E-state index contributed by atoms with van der Waals surface area (Å²) in [5, 5.41) is 12.8. The predicted octanol–water partition coefficient (Wildman–Crippen LogP) is 4.43. The Balaban J connectivity index is 1.63. The van der Waals surface area contributed by atoms with Crippen LogP contribution in [0.15, 0.2) is 54.6 Å². The number of amides is 1. The van der Waals surface area contributed by atoms with E-state index in [9.17, 15) is 14.7 Å². The summed E-state index contributed by atoms with van der Waals surface area (Å²) in [6, 6.07) is 15.5. The van der Waals surface area contributed by atoms with E-state index in [2.05, 4.69) is 5.32 Å². The molecule has 4 rings (SSSR count). The zero-order valence-electron chi connectivity index (χ0n) is 20.0. The Bertz CT molecular complexity index is 1340. The highest BCUT2D eigenvalue weighted by molar-refractivity contribution is 7.80. The third-order valence-corrected chi connectivity index (χ3v) is 6.36. The third-order valence-electron chi connectivity index (χ3n) is 6.06. The van der Waals surface area contributed by atoms with E-state index in [0.717, 1.165) is 11.1 Å². The molecule has 1 atom stereocenters. The summed E-state index contributed by atoms with van der Waals surface area (Å²) in [5.74, 6) is -0.104. The summed E-state index contributed by atoms with van der Waals surface area (Å²) in [4.78, 5) is 24.7. The number of benzene rings is 3. The van der Waals surface area contributed by atoms with Gasteiger partial charge in [0.1, 0.15) is 5.75 Å². The van der Waals surface area contributed by atoms with Gasteiger partial charge in [0, 0.05) is 23.6 Å². The standard InChI is InChI=1S/C27H25NO7S/c1-32-22-11-9-19(23(33-2)24(22)34-3)25(29)28-13-12-17-16-6-4-5-7-18(16)27(36)35-21-10-8-15(26(30)31)14-20(17)21/h4-11,14,17H,12-13H2,1-3H3,(H,28,29)(H,30,31). The Morgan fingerprint density at radius 2 is 1.72 bits per heavy atom. The van der Waals surface area contributed by atoms with E-state index in [1.807, 2.05) is 24.3 Å². The normalized spacial score (nSPS) is 14.0. The summed E-state index contributed by atoms with van der Waals surface area (Å²) in [5.41, 5.74) is 2.81. The van der Waals surface area contributed by atoms with Crippen molar-refractivity contribution in [3.05, 3.63) is 82.4 Å². The van der Waals surface area contributed by atoms with Gasteiger partial charge in [0.2, 0.25) is 5.75 Å². The molecule has 0 bridgehead atoms. The largest absolute Gasteiger partial charge is 0.493 e. The first-order valence-corrected chi connectivity index (χ1v) is 11.6. The van der Waals surface area contributed by atoms with Gasteiger partial charge in [0.05, 0.1) is 32.5 Å². The van der Waals surface area contributed by atoms with Crippen LogP contribution in [0.25, 0.3) is 0 Å². The number of hydrogen-bond acceptors (Lipinski definition) is 7. The van der Waals surface area contributed by atoms with E-state index in [-0.39, 0.29) is 23.1 Å². The number of methoxy groups -OCH3 is 3. The second kappa shape index (κ2) is 10.7. The molecule has 186 valence electrons. The van der Waals surface area contributed by atoms with Crippen molar-refractivity contribution in [3.63, 3.8) is 0 Å². The molecule has 9 heteroatoms. The van der Waals surface area contributed by atoms with Crippen LogP contribution in [0.2, 0.25) is 0 Å². The first-order chi connectivity index (χ1) is 17.4. The first kappa shape index (κ1) is 25.0. The van der Waals surface area contributed by atoms with Crippen LogP contribution < -0.4 is 24.3 Å². The number of nitrogens with one attached hydrogen (secondary N) is 1. The van der Waals surface area contributed by atoms with Crippen molar-refractivity contribution in [1.29, 1.82) is 0 Å². The van der Waals surface area contributed by atoms with E-state index in [4.69, 9.17) is 31.2 Å². The van der Waals surface area contributed by atoms with Crippen molar-refractivity contribution in [2.75, 3.05) is 27.9 Å². The summed E-state index contributed by atoms with van der Waals surface area (Å²) in [7, 11) is 4.43. The minimum absolute atomic E-state index is 0.145. The monoisotopic (exact) mass is 507 g/mol. The van der Waals surface area contributed by atoms with Gasteiger partial charge in [-0.25, -0.2) is 4.79 Å². The molecule has 1 aliphatic rings.